The van der Waals surface area contributed by atoms with Crippen molar-refractivity contribution < 1.29 is 13.9 Å². The van der Waals surface area contributed by atoms with Crippen LogP contribution in [0.25, 0.3) is 0 Å². The molecule has 0 aromatic heterocycles. The molecule has 0 bridgehead atoms. The minimum Gasteiger partial charge on any atom is -0.493 e. The summed E-state index contributed by atoms with van der Waals surface area (Å²) >= 11 is 0. The standard InChI is InChI=1S/C20H26FN3O2.HI/c1-5-22-20(23-12-15-6-8-17(21)14(2)10-15)24-13-16-7-9-18(25-3)19(11-16)26-4;/h6-11H,5,12-13H2,1-4H3,(H2,22,23,24);1H. The summed E-state index contributed by atoms with van der Waals surface area (Å²) in [5.41, 5.74) is 2.64. The number of halogens is 2. The first-order valence-corrected chi connectivity index (χ1v) is 8.55. The van der Waals surface area contributed by atoms with E-state index in [2.05, 4.69) is 15.6 Å². The van der Waals surface area contributed by atoms with Crippen LogP contribution < -0.4 is 20.1 Å². The monoisotopic (exact) mass is 487 g/mol. The molecule has 0 atom stereocenters. The Labute approximate surface area is 177 Å². The number of nitrogens with one attached hydrogen (secondary N) is 2. The van der Waals surface area contributed by atoms with Gasteiger partial charge in [-0.1, -0.05) is 18.2 Å². The van der Waals surface area contributed by atoms with E-state index in [0.717, 1.165) is 17.7 Å². The zero-order chi connectivity index (χ0) is 18.9. The zero-order valence-electron chi connectivity index (χ0n) is 16.1. The number of ether oxygens (including phenoxy) is 2. The molecule has 0 fully saturated rings. The lowest BCUT2D eigenvalue weighted by atomic mass is 10.1. The van der Waals surface area contributed by atoms with Crippen molar-refractivity contribution in [2.75, 3.05) is 20.8 Å². The molecule has 7 heteroatoms. The van der Waals surface area contributed by atoms with Gasteiger partial charge >= 0.3 is 0 Å². The van der Waals surface area contributed by atoms with Crippen LogP contribution in [-0.2, 0) is 13.1 Å². The largest absolute Gasteiger partial charge is 0.493 e. The van der Waals surface area contributed by atoms with Gasteiger partial charge in [0.25, 0.3) is 0 Å². The molecule has 148 valence electrons. The van der Waals surface area contributed by atoms with E-state index in [1.807, 2.05) is 31.2 Å². The summed E-state index contributed by atoms with van der Waals surface area (Å²) in [5, 5.41) is 6.50. The molecule has 0 spiro atoms. The normalized spacial score (nSPS) is 10.8. The van der Waals surface area contributed by atoms with Crippen LogP contribution in [0.4, 0.5) is 4.39 Å². The second-order valence-corrected chi connectivity index (χ2v) is 5.82. The van der Waals surface area contributed by atoms with Gasteiger partial charge in [-0.15, -0.1) is 24.0 Å². The first-order valence-electron chi connectivity index (χ1n) is 8.55. The molecule has 0 unspecified atom stereocenters. The predicted molar refractivity (Wildman–Crippen MR) is 118 cm³/mol. The van der Waals surface area contributed by atoms with Crippen molar-refractivity contribution in [3.63, 3.8) is 0 Å². The topological polar surface area (TPSA) is 54.9 Å². The quantitative estimate of drug-likeness (QED) is 0.352. The summed E-state index contributed by atoms with van der Waals surface area (Å²) in [5.74, 6) is 1.89. The van der Waals surface area contributed by atoms with Crippen molar-refractivity contribution in [3.8, 4) is 11.5 Å². The number of nitrogens with zero attached hydrogens (tertiary/aromatic N) is 1. The zero-order valence-corrected chi connectivity index (χ0v) is 18.5. The van der Waals surface area contributed by atoms with E-state index in [0.29, 0.717) is 36.1 Å². The molecule has 0 radical (unpaired) electrons. The Bertz CT molecular complexity index is 769. The van der Waals surface area contributed by atoms with E-state index in [1.165, 1.54) is 6.07 Å². The Morgan fingerprint density at radius 3 is 2.33 bits per heavy atom. The number of guanidine groups is 1. The molecule has 0 aliphatic heterocycles. The highest BCUT2D eigenvalue weighted by molar-refractivity contribution is 14.0. The van der Waals surface area contributed by atoms with Crippen molar-refractivity contribution in [3.05, 3.63) is 58.9 Å². The second-order valence-electron chi connectivity index (χ2n) is 5.82. The van der Waals surface area contributed by atoms with Gasteiger partial charge in [-0.2, -0.15) is 0 Å². The van der Waals surface area contributed by atoms with Gasteiger partial charge in [0.2, 0.25) is 0 Å². The molecule has 0 aliphatic rings. The maximum Gasteiger partial charge on any atom is 0.191 e. The molecule has 0 saturated carbocycles. The number of hydrogen-bond donors (Lipinski definition) is 2. The fraction of sp³-hybridized carbons (Fsp3) is 0.350. The van der Waals surface area contributed by atoms with Crippen molar-refractivity contribution in [2.24, 2.45) is 4.99 Å². The number of methoxy groups -OCH3 is 2. The lowest BCUT2D eigenvalue weighted by molar-refractivity contribution is 0.354. The van der Waals surface area contributed by atoms with Gasteiger partial charge in [0.15, 0.2) is 17.5 Å². The Morgan fingerprint density at radius 1 is 1.00 bits per heavy atom. The third kappa shape index (κ3) is 6.89. The highest BCUT2D eigenvalue weighted by Gasteiger charge is 2.05. The predicted octanol–water partition coefficient (Wildman–Crippen LogP) is 4.02. The summed E-state index contributed by atoms with van der Waals surface area (Å²) in [4.78, 5) is 4.56. The number of hydrogen-bond acceptors (Lipinski definition) is 3. The van der Waals surface area contributed by atoms with Gasteiger partial charge in [-0.05, 0) is 48.7 Å². The van der Waals surface area contributed by atoms with Crippen LogP contribution in [0, 0.1) is 12.7 Å². The van der Waals surface area contributed by atoms with Gasteiger partial charge in [-0.25, -0.2) is 9.38 Å². The first-order chi connectivity index (χ1) is 12.6. The van der Waals surface area contributed by atoms with E-state index in [-0.39, 0.29) is 29.8 Å². The molecule has 2 aromatic rings. The molecule has 27 heavy (non-hydrogen) atoms. The van der Waals surface area contributed by atoms with Crippen molar-refractivity contribution in [1.29, 1.82) is 0 Å². The van der Waals surface area contributed by atoms with Gasteiger partial charge in [0.05, 0.1) is 20.8 Å². The molecule has 0 heterocycles. The molecule has 0 saturated heterocycles. The second kappa shape index (κ2) is 11.6. The fourth-order valence-corrected chi connectivity index (χ4v) is 2.49. The van der Waals surface area contributed by atoms with Crippen LogP contribution in [0.15, 0.2) is 41.4 Å². The maximum atomic E-state index is 13.4. The lowest BCUT2D eigenvalue weighted by Gasteiger charge is -2.13. The number of aryl methyl sites for hydroxylation is 1. The molecule has 2 aromatic carbocycles. The first kappa shape index (κ1) is 23.0. The highest BCUT2D eigenvalue weighted by atomic mass is 127. The number of aliphatic imine (C=N–C) groups is 1. The molecule has 0 amide bonds. The van der Waals surface area contributed by atoms with Crippen LogP contribution in [0.2, 0.25) is 0 Å². The lowest BCUT2D eigenvalue weighted by Crippen LogP contribution is -2.36. The molecule has 2 N–H and O–H groups in total. The Balaban J connectivity index is 0.00000364. The van der Waals surface area contributed by atoms with Crippen LogP contribution in [-0.4, -0.2) is 26.7 Å². The Morgan fingerprint density at radius 2 is 1.70 bits per heavy atom. The van der Waals surface area contributed by atoms with E-state index >= 15 is 0 Å². The number of benzene rings is 2. The molecule has 2 rings (SSSR count). The van der Waals surface area contributed by atoms with E-state index in [4.69, 9.17) is 9.47 Å². The van der Waals surface area contributed by atoms with Gasteiger partial charge < -0.3 is 20.1 Å². The van der Waals surface area contributed by atoms with Crippen LogP contribution in [0.3, 0.4) is 0 Å². The summed E-state index contributed by atoms with van der Waals surface area (Å²) < 4.78 is 23.9. The van der Waals surface area contributed by atoms with Gasteiger partial charge in [-0.3, -0.25) is 0 Å². The Hall–Kier alpha value is -2.03. The van der Waals surface area contributed by atoms with E-state index in [9.17, 15) is 4.39 Å². The molecular formula is C20H27FIN3O2. The van der Waals surface area contributed by atoms with Crippen LogP contribution >= 0.6 is 24.0 Å². The summed E-state index contributed by atoms with van der Waals surface area (Å²) in [7, 11) is 3.23. The van der Waals surface area contributed by atoms with Crippen molar-refractivity contribution in [2.45, 2.75) is 26.9 Å². The highest BCUT2D eigenvalue weighted by Crippen LogP contribution is 2.27. The van der Waals surface area contributed by atoms with Crippen LogP contribution in [0.1, 0.15) is 23.6 Å². The van der Waals surface area contributed by atoms with E-state index in [1.54, 1.807) is 27.2 Å². The average Bonchev–Trinajstić information content (AvgIpc) is 2.66. The van der Waals surface area contributed by atoms with Crippen molar-refractivity contribution in [1.82, 2.24) is 10.6 Å². The smallest absolute Gasteiger partial charge is 0.191 e. The average molecular weight is 487 g/mol. The van der Waals surface area contributed by atoms with E-state index < -0.39 is 0 Å². The summed E-state index contributed by atoms with van der Waals surface area (Å²) in [6.07, 6.45) is 0. The fourth-order valence-electron chi connectivity index (χ4n) is 2.49. The number of rotatable bonds is 7. The molecule has 0 aliphatic carbocycles. The summed E-state index contributed by atoms with van der Waals surface area (Å²) in [6.45, 7) is 5.58. The maximum absolute atomic E-state index is 13.4. The summed E-state index contributed by atoms with van der Waals surface area (Å²) in [6, 6.07) is 10.8. The van der Waals surface area contributed by atoms with Gasteiger partial charge in [0.1, 0.15) is 5.82 Å². The van der Waals surface area contributed by atoms with Gasteiger partial charge in [0, 0.05) is 13.1 Å². The SMILES string of the molecule is CCNC(=NCc1ccc(F)c(C)c1)NCc1ccc(OC)c(OC)c1.I. The molecular weight excluding hydrogens is 460 g/mol. The third-order valence-electron chi connectivity index (χ3n) is 3.89. The third-order valence-corrected chi connectivity index (χ3v) is 3.89. The molecule has 5 nitrogen and oxygen atoms in total. The Kier molecular flexibility index (Phi) is 9.92. The minimum absolute atomic E-state index is 0. The minimum atomic E-state index is -0.198. The van der Waals surface area contributed by atoms with Crippen molar-refractivity contribution >= 4 is 29.9 Å². The van der Waals surface area contributed by atoms with Crippen LogP contribution in [0.5, 0.6) is 11.5 Å².